The largest absolute Gasteiger partial charge is 0.353 e. The van der Waals surface area contributed by atoms with Gasteiger partial charge in [0.15, 0.2) is 0 Å². The summed E-state index contributed by atoms with van der Waals surface area (Å²) in [6.07, 6.45) is 0. The average Bonchev–Trinajstić information content (AvgIpc) is 1.59. The number of amides is 2. The van der Waals surface area contributed by atoms with Crippen molar-refractivity contribution in [2.24, 2.45) is 11.2 Å². The van der Waals surface area contributed by atoms with Gasteiger partial charge < -0.3 is 10.6 Å². The van der Waals surface area contributed by atoms with Crippen molar-refractivity contribution in [2.45, 2.75) is 0 Å². The Bertz CT molecular complexity index is 150. The predicted octanol–water partition coefficient (Wildman–Crippen LogP) is -1.78. The van der Waals surface area contributed by atoms with Crippen LogP contribution in [0.4, 0.5) is 4.79 Å². The first-order valence-electron chi connectivity index (χ1n) is 1.86. The number of nitrogens with two attached hydrogens (primary N) is 2. The van der Waals surface area contributed by atoms with Gasteiger partial charge in [0.1, 0.15) is 0 Å². The van der Waals surface area contributed by atoms with E-state index in [1.807, 2.05) is 0 Å². The van der Waals surface area contributed by atoms with Crippen LogP contribution < -0.4 is 21.9 Å². The number of carbonyl (C=O) groups excluding carboxylic acids is 1. The Morgan fingerprint density at radius 1 is 1.67 bits per heavy atom. The molecule has 0 saturated carbocycles. The lowest BCUT2D eigenvalue weighted by Crippen LogP contribution is -2.40. The summed E-state index contributed by atoms with van der Waals surface area (Å²) < 4.78 is 10.1. The molecule has 0 aromatic heterocycles. The molecule has 0 aromatic rings. The van der Waals surface area contributed by atoms with E-state index in [-0.39, 0.29) is 0 Å². The molecule has 0 heterocycles. The van der Waals surface area contributed by atoms with Gasteiger partial charge in [-0.05, 0) is 0 Å². The predicted molar refractivity (Wildman–Crippen MR) is 29.9 cm³/mol. The summed E-state index contributed by atoms with van der Waals surface area (Å²) in [4.78, 5) is 18.0. The maximum absolute atomic E-state index is 10.1. The van der Waals surface area contributed by atoms with Crippen molar-refractivity contribution in [1.29, 1.82) is 0 Å². The molecule has 0 rings (SSSR count). The average molecular weight is 154 g/mol. The van der Waals surface area contributed by atoms with E-state index in [2.05, 4.69) is 11.2 Å². The topological polar surface area (TPSA) is 130 Å². The molecule has 0 aliphatic rings. The maximum Gasteiger partial charge on any atom is 0.353 e. The van der Waals surface area contributed by atoms with Crippen molar-refractivity contribution in [3.63, 3.8) is 0 Å². The summed E-state index contributed by atoms with van der Waals surface area (Å²) in [7, 11) is -3.88. The molecule has 0 saturated heterocycles. The van der Waals surface area contributed by atoms with Crippen LogP contribution in [0.25, 0.3) is 0 Å². The van der Waals surface area contributed by atoms with Gasteiger partial charge in [-0.25, -0.2) is 10.3 Å². The Kier molecular flexibility index (Phi) is 2.60. The minimum Gasteiger partial charge on any atom is -0.351 e. The van der Waals surface area contributed by atoms with Gasteiger partial charge in [-0.3, -0.25) is 9.99 Å². The summed E-state index contributed by atoms with van der Waals surface area (Å²) in [6, 6.07) is -0.977. The lowest BCUT2D eigenvalue weighted by atomic mass is 11.2. The van der Waals surface area contributed by atoms with E-state index < -0.39 is 13.7 Å². The second-order valence-electron chi connectivity index (χ2n) is 1.22. The number of urea groups is 1. The summed E-state index contributed by atoms with van der Waals surface area (Å²) in [5, 5.41) is 1.59. The Balaban J connectivity index is 3.53. The number of carbonyl (C=O) groups is 1. The summed E-state index contributed by atoms with van der Waals surface area (Å²) in [5.74, 6) is 0. The minimum atomic E-state index is -3.88. The Morgan fingerprint density at radius 3 is 2.22 bits per heavy atom. The van der Waals surface area contributed by atoms with Gasteiger partial charge in [0.25, 0.3) is 0 Å². The highest BCUT2D eigenvalue weighted by Gasteiger charge is 2.08. The van der Waals surface area contributed by atoms with E-state index >= 15 is 0 Å². The third kappa shape index (κ3) is 7.38. The molecule has 0 aromatic carbocycles. The SMILES string of the molecule is NC(=O)NNP(N)(=O)O. The van der Waals surface area contributed by atoms with Crippen LogP contribution in [0.3, 0.4) is 0 Å². The zero-order valence-corrected chi connectivity index (χ0v) is 5.26. The van der Waals surface area contributed by atoms with Crippen LogP contribution in [-0.2, 0) is 4.57 Å². The quantitative estimate of drug-likeness (QED) is 0.237. The minimum absolute atomic E-state index is 0.977. The van der Waals surface area contributed by atoms with Gasteiger partial charge in [0, 0.05) is 0 Å². The van der Waals surface area contributed by atoms with Gasteiger partial charge in [0.2, 0.25) is 0 Å². The van der Waals surface area contributed by atoms with E-state index in [1.54, 1.807) is 10.6 Å². The molecule has 0 aliphatic heterocycles. The van der Waals surface area contributed by atoms with Crippen molar-refractivity contribution in [2.75, 3.05) is 0 Å². The lowest BCUT2D eigenvalue weighted by Gasteiger charge is -2.05. The number of rotatable bonds is 2. The number of hydrogen-bond donors (Lipinski definition) is 5. The van der Waals surface area contributed by atoms with E-state index in [0.717, 1.165) is 0 Å². The molecular formula is CH7N4O3P. The van der Waals surface area contributed by atoms with Crippen LogP contribution in [0.1, 0.15) is 0 Å². The van der Waals surface area contributed by atoms with Crippen LogP contribution in [0.5, 0.6) is 0 Å². The van der Waals surface area contributed by atoms with Gasteiger partial charge >= 0.3 is 13.7 Å². The van der Waals surface area contributed by atoms with Crippen LogP contribution in [-0.4, -0.2) is 10.9 Å². The fourth-order valence-corrected chi connectivity index (χ4v) is 0.406. The first-order chi connectivity index (χ1) is 3.92. The van der Waals surface area contributed by atoms with Crippen molar-refractivity contribution >= 4 is 13.7 Å². The molecule has 7 N–H and O–H groups in total. The smallest absolute Gasteiger partial charge is 0.351 e. The van der Waals surface area contributed by atoms with Crippen molar-refractivity contribution in [1.82, 2.24) is 10.6 Å². The second-order valence-corrected chi connectivity index (χ2v) is 2.69. The van der Waals surface area contributed by atoms with Gasteiger partial charge in [-0.2, -0.15) is 0 Å². The molecule has 8 heteroatoms. The first-order valence-corrected chi connectivity index (χ1v) is 3.59. The van der Waals surface area contributed by atoms with Crippen LogP contribution in [0.15, 0.2) is 0 Å². The van der Waals surface area contributed by atoms with Crippen molar-refractivity contribution in [3.8, 4) is 0 Å². The third-order valence-electron chi connectivity index (χ3n) is 0.339. The highest BCUT2D eigenvalue weighted by Crippen LogP contribution is 2.20. The Labute approximate surface area is 50.9 Å². The molecule has 2 amide bonds. The zero-order chi connectivity index (χ0) is 7.49. The zero-order valence-electron chi connectivity index (χ0n) is 4.37. The van der Waals surface area contributed by atoms with E-state index in [9.17, 15) is 9.36 Å². The number of hydrazine groups is 1. The van der Waals surface area contributed by atoms with E-state index in [4.69, 9.17) is 4.89 Å². The number of nitrogens with one attached hydrogen (secondary N) is 2. The van der Waals surface area contributed by atoms with Crippen molar-refractivity contribution < 1.29 is 14.3 Å². The molecular weight excluding hydrogens is 147 g/mol. The Hall–Kier alpha value is -0.620. The number of primary amides is 1. The van der Waals surface area contributed by atoms with E-state index in [0.29, 0.717) is 0 Å². The van der Waals surface area contributed by atoms with Crippen LogP contribution in [0, 0.1) is 0 Å². The maximum atomic E-state index is 10.1. The molecule has 54 valence electrons. The number of hydrogen-bond acceptors (Lipinski definition) is 2. The van der Waals surface area contributed by atoms with Gasteiger partial charge in [-0.1, -0.05) is 0 Å². The monoisotopic (exact) mass is 154 g/mol. The molecule has 0 spiro atoms. The summed E-state index contributed by atoms with van der Waals surface area (Å²) in [5.41, 5.74) is 10.6. The molecule has 0 aliphatic carbocycles. The first kappa shape index (κ1) is 8.38. The molecule has 1 atom stereocenters. The van der Waals surface area contributed by atoms with Gasteiger partial charge in [-0.15, -0.1) is 5.20 Å². The normalized spacial score (nSPS) is 16.2. The Morgan fingerprint density at radius 2 is 2.11 bits per heavy atom. The van der Waals surface area contributed by atoms with E-state index in [1.165, 1.54) is 0 Å². The van der Waals surface area contributed by atoms with Crippen LogP contribution >= 0.6 is 7.67 Å². The molecule has 7 nitrogen and oxygen atoms in total. The highest BCUT2D eigenvalue weighted by molar-refractivity contribution is 7.53. The lowest BCUT2D eigenvalue weighted by molar-refractivity contribution is 0.246. The fourth-order valence-electron chi connectivity index (χ4n) is 0.135. The molecule has 0 fully saturated rings. The molecule has 0 bridgehead atoms. The highest BCUT2D eigenvalue weighted by atomic mass is 31.2. The summed E-state index contributed by atoms with van der Waals surface area (Å²) in [6.45, 7) is 0. The molecule has 1 unspecified atom stereocenters. The molecule has 9 heavy (non-hydrogen) atoms. The second kappa shape index (κ2) is 2.79. The summed E-state index contributed by atoms with van der Waals surface area (Å²) >= 11 is 0. The van der Waals surface area contributed by atoms with Crippen LogP contribution in [0.2, 0.25) is 0 Å². The van der Waals surface area contributed by atoms with Gasteiger partial charge in [0.05, 0.1) is 0 Å². The third-order valence-corrected chi connectivity index (χ3v) is 0.771. The molecule has 0 radical (unpaired) electrons. The standard InChI is InChI=1S/CH7N4O3P/c2-1(6)4-5-9(3,7)8/h(H3,2,4,6)(H4,3,5,7,8). The van der Waals surface area contributed by atoms with Crippen molar-refractivity contribution in [3.05, 3.63) is 0 Å². The fraction of sp³-hybridized carbons (Fsp3) is 0.